The van der Waals surface area contributed by atoms with Gasteiger partial charge in [-0.15, -0.1) is 0 Å². The van der Waals surface area contributed by atoms with Gasteiger partial charge in [0.15, 0.2) is 0 Å². The van der Waals surface area contributed by atoms with E-state index >= 15 is 0 Å². The second kappa shape index (κ2) is 7.51. The summed E-state index contributed by atoms with van der Waals surface area (Å²) >= 11 is 0. The zero-order valence-corrected chi connectivity index (χ0v) is 16.1. The largest absolute Gasteiger partial charge is 0.240 e. The highest BCUT2D eigenvalue weighted by molar-refractivity contribution is 7.89. The van der Waals surface area contributed by atoms with Gasteiger partial charge in [0.05, 0.1) is 11.2 Å². The number of aryl methyl sites for hydroxylation is 2. The minimum atomic E-state index is -3.64. The van der Waals surface area contributed by atoms with Gasteiger partial charge in [-0.1, -0.05) is 18.9 Å². The first kappa shape index (κ1) is 19.4. The molecule has 0 unspecified atom stereocenters. The second-order valence-corrected chi connectivity index (χ2v) is 10.2. The summed E-state index contributed by atoms with van der Waals surface area (Å²) in [5.74, 6) is 0. The van der Waals surface area contributed by atoms with Gasteiger partial charge in [-0.2, -0.15) is 4.31 Å². The van der Waals surface area contributed by atoms with Crippen LogP contribution in [0.1, 0.15) is 36.8 Å². The monoisotopic (exact) mass is 374 g/mol. The van der Waals surface area contributed by atoms with Gasteiger partial charge in [0, 0.05) is 19.1 Å². The SMILES string of the molecule is Cc1ccc(S(=O)(=O)NCCN(C2CCCC2)S(C)(=O)=O)cc1C. The molecule has 0 radical (unpaired) electrons. The molecule has 8 heteroatoms. The van der Waals surface area contributed by atoms with Crippen LogP contribution in [0.15, 0.2) is 23.1 Å². The van der Waals surface area contributed by atoms with Crippen molar-refractivity contribution in [2.45, 2.75) is 50.5 Å². The molecule has 1 fully saturated rings. The Morgan fingerprint density at radius 2 is 1.71 bits per heavy atom. The van der Waals surface area contributed by atoms with E-state index in [0.29, 0.717) is 0 Å². The fourth-order valence-corrected chi connectivity index (χ4v) is 5.35. The van der Waals surface area contributed by atoms with Gasteiger partial charge in [0.25, 0.3) is 0 Å². The number of benzene rings is 1. The average molecular weight is 375 g/mol. The van der Waals surface area contributed by atoms with Crippen LogP contribution in [0.3, 0.4) is 0 Å². The molecule has 2 rings (SSSR count). The smallest absolute Gasteiger partial charge is 0.212 e. The van der Waals surface area contributed by atoms with Gasteiger partial charge < -0.3 is 0 Å². The van der Waals surface area contributed by atoms with Crippen molar-refractivity contribution < 1.29 is 16.8 Å². The first-order chi connectivity index (χ1) is 11.1. The summed E-state index contributed by atoms with van der Waals surface area (Å²) in [7, 11) is -6.98. The fraction of sp³-hybridized carbons (Fsp3) is 0.625. The zero-order valence-electron chi connectivity index (χ0n) is 14.4. The van der Waals surface area contributed by atoms with E-state index in [9.17, 15) is 16.8 Å². The molecule has 0 bridgehead atoms. The molecule has 1 aromatic carbocycles. The lowest BCUT2D eigenvalue weighted by molar-refractivity contribution is 0.328. The van der Waals surface area contributed by atoms with Crippen molar-refractivity contribution in [3.8, 4) is 0 Å². The summed E-state index contributed by atoms with van der Waals surface area (Å²) in [6.45, 7) is 4.01. The Labute approximate surface area is 145 Å². The van der Waals surface area contributed by atoms with Crippen LogP contribution in [-0.2, 0) is 20.0 Å². The van der Waals surface area contributed by atoms with Crippen LogP contribution in [-0.4, -0.2) is 46.5 Å². The van der Waals surface area contributed by atoms with E-state index in [-0.39, 0.29) is 24.0 Å². The number of hydrogen-bond donors (Lipinski definition) is 1. The van der Waals surface area contributed by atoms with Crippen molar-refractivity contribution >= 4 is 20.0 Å². The normalized spacial score (nSPS) is 16.8. The quantitative estimate of drug-likeness (QED) is 0.789. The highest BCUT2D eigenvalue weighted by Crippen LogP contribution is 2.25. The second-order valence-electron chi connectivity index (χ2n) is 6.46. The van der Waals surface area contributed by atoms with Crippen molar-refractivity contribution in [1.29, 1.82) is 0 Å². The van der Waals surface area contributed by atoms with Crippen LogP contribution in [0.5, 0.6) is 0 Å². The summed E-state index contributed by atoms with van der Waals surface area (Å²) in [6, 6.07) is 4.95. The van der Waals surface area contributed by atoms with Gasteiger partial charge in [-0.05, 0) is 49.9 Å². The summed E-state index contributed by atoms with van der Waals surface area (Å²) in [5.41, 5.74) is 1.93. The van der Waals surface area contributed by atoms with Crippen molar-refractivity contribution in [1.82, 2.24) is 9.03 Å². The standard InChI is InChI=1S/C16H26N2O4S2/c1-13-8-9-16(12-14(13)2)24(21,22)17-10-11-18(23(3,19)20)15-6-4-5-7-15/h8-9,12,15,17H,4-7,10-11H2,1-3H3. The molecule has 1 saturated carbocycles. The number of nitrogens with one attached hydrogen (secondary N) is 1. The third-order valence-electron chi connectivity index (χ3n) is 4.57. The maximum Gasteiger partial charge on any atom is 0.240 e. The van der Waals surface area contributed by atoms with Gasteiger partial charge in [0.2, 0.25) is 20.0 Å². The first-order valence-corrected chi connectivity index (χ1v) is 11.5. The Kier molecular flexibility index (Phi) is 6.06. The molecule has 1 aliphatic carbocycles. The zero-order chi connectivity index (χ0) is 18.0. The first-order valence-electron chi connectivity index (χ1n) is 8.15. The maximum absolute atomic E-state index is 12.4. The van der Waals surface area contributed by atoms with Crippen LogP contribution in [0, 0.1) is 13.8 Å². The van der Waals surface area contributed by atoms with Crippen LogP contribution < -0.4 is 4.72 Å². The summed E-state index contributed by atoms with van der Waals surface area (Å²) < 4.78 is 52.6. The van der Waals surface area contributed by atoms with E-state index in [2.05, 4.69) is 4.72 Å². The summed E-state index contributed by atoms with van der Waals surface area (Å²) in [6.07, 6.45) is 4.91. The lowest BCUT2D eigenvalue weighted by Crippen LogP contribution is -2.43. The van der Waals surface area contributed by atoms with Crippen LogP contribution in [0.4, 0.5) is 0 Å². The maximum atomic E-state index is 12.4. The number of nitrogens with zero attached hydrogens (tertiary/aromatic N) is 1. The molecule has 0 saturated heterocycles. The molecule has 0 amide bonds. The molecule has 136 valence electrons. The molecule has 24 heavy (non-hydrogen) atoms. The van der Waals surface area contributed by atoms with E-state index in [1.165, 1.54) is 10.6 Å². The molecule has 0 atom stereocenters. The molecule has 1 aromatic rings. The van der Waals surface area contributed by atoms with Crippen molar-refractivity contribution in [2.75, 3.05) is 19.3 Å². The van der Waals surface area contributed by atoms with E-state index < -0.39 is 20.0 Å². The van der Waals surface area contributed by atoms with Gasteiger partial charge in [-0.25, -0.2) is 21.6 Å². The van der Waals surface area contributed by atoms with E-state index in [0.717, 1.165) is 36.8 Å². The van der Waals surface area contributed by atoms with Crippen molar-refractivity contribution in [2.24, 2.45) is 0 Å². The Balaban J connectivity index is 2.04. The highest BCUT2D eigenvalue weighted by atomic mass is 32.2. The molecule has 6 nitrogen and oxygen atoms in total. The average Bonchev–Trinajstić information content (AvgIpc) is 2.98. The van der Waals surface area contributed by atoms with Crippen molar-refractivity contribution in [3.63, 3.8) is 0 Å². The van der Waals surface area contributed by atoms with E-state index in [4.69, 9.17) is 0 Å². The molecular formula is C16H26N2O4S2. The van der Waals surface area contributed by atoms with E-state index in [1.54, 1.807) is 18.2 Å². The van der Waals surface area contributed by atoms with Crippen LogP contribution >= 0.6 is 0 Å². The molecule has 0 heterocycles. The van der Waals surface area contributed by atoms with Crippen molar-refractivity contribution in [3.05, 3.63) is 29.3 Å². The topological polar surface area (TPSA) is 83.6 Å². The molecule has 1 aliphatic rings. The van der Waals surface area contributed by atoms with Gasteiger partial charge >= 0.3 is 0 Å². The van der Waals surface area contributed by atoms with Gasteiger partial charge in [-0.3, -0.25) is 0 Å². The predicted molar refractivity (Wildman–Crippen MR) is 94.9 cm³/mol. The lowest BCUT2D eigenvalue weighted by atomic mass is 10.1. The summed E-state index contributed by atoms with van der Waals surface area (Å²) in [4.78, 5) is 0.206. The van der Waals surface area contributed by atoms with Crippen LogP contribution in [0.25, 0.3) is 0 Å². The molecular weight excluding hydrogens is 348 g/mol. The molecule has 1 N–H and O–H groups in total. The Hall–Kier alpha value is -0.960. The van der Waals surface area contributed by atoms with Crippen LogP contribution in [0.2, 0.25) is 0 Å². The third-order valence-corrected chi connectivity index (χ3v) is 7.36. The minimum absolute atomic E-state index is 0.00822. The molecule has 0 aromatic heterocycles. The number of rotatable bonds is 7. The molecule has 0 spiro atoms. The Bertz CT molecular complexity index is 782. The fourth-order valence-electron chi connectivity index (χ4n) is 3.07. The number of sulfonamides is 2. The van der Waals surface area contributed by atoms with Gasteiger partial charge in [0.1, 0.15) is 0 Å². The third kappa shape index (κ3) is 4.78. The number of hydrogen-bond acceptors (Lipinski definition) is 4. The predicted octanol–water partition coefficient (Wildman–Crippen LogP) is 1.79. The lowest BCUT2D eigenvalue weighted by Gasteiger charge is -2.26. The summed E-state index contributed by atoms with van der Waals surface area (Å²) in [5, 5.41) is 0. The Morgan fingerprint density at radius 1 is 1.08 bits per heavy atom. The molecule has 0 aliphatic heterocycles. The minimum Gasteiger partial charge on any atom is -0.212 e. The highest BCUT2D eigenvalue weighted by Gasteiger charge is 2.29. The Morgan fingerprint density at radius 3 is 2.25 bits per heavy atom. The van der Waals surface area contributed by atoms with E-state index in [1.807, 2.05) is 13.8 Å².